The Kier molecular flexibility index (Phi) is 6.50. The largest absolute Gasteiger partial charge is 0.508 e. The highest BCUT2D eigenvalue weighted by Gasteiger charge is 2.46. The average molecular weight is 515 g/mol. The summed E-state index contributed by atoms with van der Waals surface area (Å²) in [5.74, 6) is -1.79. The van der Waals surface area contributed by atoms with Crippen molar-refractivity contribution in [1.29, 1.82) is 0 Å². The summed E-state index contributed by atoms with van der Waals surface area (Å²) in [6, 6.07) is 16.9. The molecule has 3 aromatic carbocycles. The summed E-state index contributed by atoms with van der Waals surface area (Å²) in [4.78, 5) is 41.8. The lowest BCUT2D eigenvalue weighted by atomic mass is 9.94. The first-order valence-corrected chi connectivity index (χ1v) is 12.0. The summed E-state index contributed by atoms with van der Waals surface area (Å²) in [6.07, 6.45) is 0. The van der Waals surface area contributed by atoms with Crippen LogP contribution in [0.5, 0.6) is 11.5 Å². The van der Waals surface area contributed by atoms with E-state index < -0.39 is 23.7 Å². The second kappa shape index (κ2) is 9.93. The molecule has 1 fully saturated rings. The number of phenolic OH excluding ortho intramolecular Hbond substituents is 1. The fourth-order valence-corrected chi connectivity index (χ4v) is 4.80. The number of methoxy groups -OCH3 is 1. The molecule has 9 heteroatoms. The number of nitrogens with zero attached hydrogens (tertiary/aromatic N) is 2. The van der Waals surface area contributed by atoms with Gasteiger partial charge in [-0.3, -0.25) is 9.59 Å². The molecule has 0 bridgehead atoms. The van der Waals surface area contributed by atoms with E-state index in [1.54, 1.807) is 54.6 Å². The van der Waals surface area contributed by atoms with Crippen LogP contribution in [0.4, 0.5) is 5.69 Å². The number of ketones is 1. The number of ether oxygens (including phenoxy) is 2. The van der Waals surface area contributed by atoms with E-state index in [9.17, 15) is 24.6 Å². The van der Waals surface area contributed by atoms with Gasteiger partial charge in [-0.05, 0) is 53.6 Å². The van der Waals surface area contributed by atoms with Crippen LogP contribution in [0.1, 0.15) is 33.1 Å². The number of fused-ring (bicyclic) bond motifs is 1. The summed E-state index contributed by atoms with van der Waals surface area (Å²) in [5.41, 5.74) is 2.53. The molecule has 9 nitrogen and oxygen atoms in total. The first kappa shape index (κ1) is 24.9. The van der Waals surface area contributed by atoms with Gasteiger partial charge in [0.2, 0.25) is 0 Å². The lowest BCUT2D eigenvalue weighted by Crippen LogP contribution is -2.29. The van der Waals surface area contributed by atoms with Crippen LogP contribution < -0.4 is 9.64 Å². The molecule has 0 spiro atoms. The van der Waals surface area contributed by atoms with Gasteiger partial charge < -0.3 is 29.5 Å². The van der Waals surface area contributed by atoms with E-state index in [2.05, 4.69) is 0 Å². The molecule has 0 aliphatic carbocycles. The Hall–Kier alpha value is -4.79. The highest BCUT2D eigenvalue weighted by molar-refractivity contribution is 6.46. The number of aliphatic hydroxyl groups excluding tert-OH is 1. The Morgan fingerprint density at radius 2 is 1.79 bits per heavy atom. The van der Waals surface area contributed by atoms with Crippen LogP contribution in [0.25, 0.3) is 5.76 Å². The number of hydrogen-bond acceptors (Lipinski definition) is 8. The van der Waals surface area contributed by atoms with Gasteiger partial charge in [0.15, 0.2) is 0 Å². The van der Waals surface area contributed by atoms with Crippen LogP contribution in [-0.2, 0) is 20.9 Å². The molecule has 1 amide bonds. The number of likely N-dealkylation sites (N-methyl/N-ethyl adjacent to an activating group) is 1. The molecular formula is C29H26N2O7. The molecule has 0 radical (unpaired) electrons. The number of esters is 1. The average Bonchev–Trinajstić information content (AvgIpc) is 3.17. The van der Waals surface area contributed by atoms with Gasteiger partial charge in [-0.1, -0.05) is 24.3 Å². The molecule has 0 aromatic heterocycles. The van der Waals surface area contributed by atoms with Crippen LogP contribution in [0, 0.1) is 0 Å². The van der Waals surface area contributed by atoms with Crippen molar-refractivity contribution in [3.05, 3.63) is 94.6 Å². The molecule has 1 atom stereocenters. The number of anilines is 1. The number of Topliss-reactive ketones (excluding diaryl/α,β-unsaturated/α-hetero) is 1. The Bertz CT molecular complexity index is 1460. The van der Waals surface area contributed by atoms with Crippen molar-refractivity contribution < 1.29 is 34.1 Å². The molecule has 1 saturated heterocycles. The highest BCUT2D eigenvalue weighted by Crippen LogP contribution is 2.42. The topological polar surface area (TPSA) is 117 Å². The maximum Gasteiger partial charge on any atom is 0.337 e. The predicted octanol–water partition coefficient (Wildman–Crippen LogP) is 3.63. The van der Waals surface area contributed by atoms with E-state index in [0.717, 1.165) is 5.69 Å². The van der Waals surface area contributed by atoms with Crippen molar-refractivity contribution in [1.82, 2.24) is 4.90 Å². The molecule has 3 aromatic rings. The Labute approximate surface area is 219 Å². The van der Waals surface area contributed by atoms with Gasteiger partial charge in [0.25, 0.3) is 11.7 Å². The van der Waals surface area contributed by atoms with Gasteiger partial charge in [0, 0.05) is 19.2 Å². The number of aromatic hydroxyl groups is 1. The number of carbonyl (C=O) groups excluding carboxylic acids is 3. The number of phenols is 1. The molecule has 194 valence electrons. The first-order chi connectivity index (χ1) is 18.3. The molecule has 1 unspecified atom stereocenters. The van der Waals surface area contributed by atoms with Gasteiger partial charge in [0.1, 0.15) is 23.9 Å². The minimum absolute atomic E-state index is 0.0316. The van der Waals surface area contributed by atoms with Gasteiger partial charge in [-0.15, -0.1) is 0 Å². The van der Waals surface area contributed by atoms with Crippen LogP contribution in [0.3, 0.4) is 0 Å². The van der Waals surface area contributed by atoms with Gasteiger partial charge in [-0.25, -0.2) is 4.79 Å². The summed E-state index contributed by atoms with van der Waals surface area (Å²) >= 11 is 0. The smallest absolute Gasteiger partial charge is 0.337 e. The van der Waals surface area contributed by atoms with E-state index in [-0.39, 0.29) is 23.6 Å². The second-order valence-electron chi connectivity index (χ2n) is 9.16. The highest BCUT2D eigenvalue weighted by atomic mass is 16.5. The van der Waals surface area contributed by atoms with Crippen LogP contribution in [0.2, 0.25) is 0 Å². The van der Waals surface area contributed by atoms with E-state index in [0.29, 0.717) is 41.2 Å². The second-order valence-corrected chi connectivity index (χ2v) is 9.16. The van der Waals surface area contributed by atoms with E-state index in [1.165, 1.54) is 24.1 Å². The third kappa shape index (κ3) is 4.43. The van der Waals surface area contributed by atoms with Gasteiger partial charge in [-0.2, -0.15) is 0 Å². The number of rotatable bonds is 5. The lowest BCUT2D eigenvalue weighted by Gasteiger charge is -2.28. The fourth-order valence-electron chi connectivity index (χ4n) is 4.80. The molecular weight excluding hydrogens is 488 g/mol. The van der Waals surface area contributed by atoms with E-state index in [1.807, 2.05) is 11.9 Å². The number of carbonyl (C=O) groups is 3. The zero-order chi connectivity index (χ0) is 27.0. The van der Waals surface area contributed by atoms with Crippen molar-refractivity contribution >= 4 is 29.1 Å². The summed E-state index contributed by atoms with van der Waals surface area (Å²) in [5, 5.41) is 21.6. The zero-order valence-electron chi connectivity index (χ0n) is 20.9. The molecule has 0 saturated carbocycles. The van der Waals surface area contributed by atoms with Gasteiger partial charge in [0.05, 0.1) is 36.5 Å². The monoisotopic (exact) mass is 514 g/mol. The summed E-state index contributed by atoms with van der Waals surface area (Å²) in [6.45, 7) is 1.24. The van der Waals surface area contributed by atoms with Crippen molar-refractivity contribution in [2.75, 3.05) is 32.2 Å². The van der Waals surface area contributed by atoms with Crippen LogP contribution in [-0.4, -0.2) is 60.1 Å². The number of aliphatic hydroxyl groups is 1. The normalized spacial score (nSPS) is 18.2. The molecule has 2 N–H and O–H groups in total. The Morgan fingerprint density at radius 1 is 1.05 bits per heavy atom. The third-order valence-electron chi connectivity index (χ3n) is 6.78. The zero-order valence-corrected chi connectivity index (χ0v) is 20.9. The molecule has 2 aliphatic rings. The molecule has 2 heterocycles. The number of likely N-dealkylation sites (tertiary alicyclic amines) is 1. The minimum atomic E-state index is -0.951. The Balaban J connectivity index is 1.59. The lowest BCUT2D eigenvalue weighted by molar-refractivity contribution is -0.140. The van der Waals surface area contributed by atoms with E-state index in [4.69, 9.17) is 9.47 Å². The van der Waals surface area contributed by atoms with Crippen molar-refractivity contribution in [3.63, 3.8) is 0 Å². The molecule has 38 heavy (non-hydrogen) atoms. The molecule has 2 aliphatic heterocycles. The van der Waals surface area contributed by atoms with E-state index >= 15 is 0 Å². The predicted molar refractivity (Wildman–Crippen MR) is 139 cm³/mol. The summed E-state index contributed by atoms with van der Waals surface area (Å²) in [7, 11) is 3.20. The molecule has 5 rings (SSSR count). The quantitative estimate of drug-likeness (QED) is 0.230. The fraction of sp³-hybridized carbons (Fsp3) is 0.207. The van der Waals surface area contributed by atoms with Gasteiger partial charge >= 0.3 is 5.97 Å². The SMILES string of the molecule is COC(=O)c1ccc(CN2C(=O)C(=O)/C(=C(\O)c3ccc4c(c3)N(C)CCO4)C2c2cccc(O)c2)cc1. The van der Waals surface area contributed by atoms with Crippen LogP contribution in [0.15, 0.2) is 72.3 Å². The first-order valence-electron chi connectivity index (χ1n) is 12.0. The third-order valence-corrected chi connectivity index (χ3v) is 6.78. The number of benzene rings is 3. The maximum absolute atomic E-state index is 13.4. The summed E-state index contributed by atoms with van der Waals surface area (Å²) < 4.78 is 10.4. The van der Waals surface area contributed by atoms with Crippen molar-refractivity contribution in [3.8, 4) is 11.5 Å². The number of hydrogen-bond donors (Lipinski definition) is 2. The number of amides is 1. The van der Waals surface area contributed by atoms with Crippen molar-refractivity contribution in [2.24, 2.45) is 0 Å². The Morgan fingerprint density at radius 3 is 2.50 bits per heavy atom. The maximum atomic E-state index is 13.4. The minimum Gasteiger partial charge on any atom is -0.508 e. The van der Waals surface area contributed by atoms with Crippen LogP contribution >= 0.6 is 0 Å². The standard InChI is InChI=1S/C29H26N2O7/c1-30-12-13-38-23-11-10-20(15-22(23)30)26(33)24-25(19-4-3-5-21(32)14-19)31(28(35)27(24)34)16-17-6-8-18(9-7-17)29(36)37-2/h3-11,14-15,25,32-33H,12-13,16H2,1-2H3/b26-24-. The van der Waals surface area contributed by atoms with Crippen molar-refractivity contribution in [2.45, 2.75) is 12.6 Å².